The van der Waals surface area contributed by atoms with Gasteiger partial charge in [-0.2, -0.15) is 11.8 Å². The van der Waals surface area contributed by atoms with Gasteiger partial charge < -0.3 is 4.90 Å². The van der Waals surface area contributed by atoms with Crippen LogP contribution < -0.4 is 0 Å². The number of carbonyl (C=O) groups excluding carboxylic acids is 1. The van der Waals surface area contributed by atoms with Crippen molar-refractivity contribution >= 4 is 17.7 Å². The van der Waals surface area contributed by atoms with Gasteiger partial charge in [0.15, 0.2) is 0 Å². The van der Waals surface area contributed by atoms with E-state index in [1.807, 2.05) is 34.9 Å². The molecule has 2 aromatic rings. The largest absolute Gasteiger partial charge is 0.339 e. The lowest BCUT2D eigenvalue weighted by atomic mass is 10.1. The number of benzene rings is 2. The molecule has 1 heterocycles. The third-order valence-corrected chi connectivity index (χ3v) is 5.05. The molecule has 0 bridgehead atoms. The highest BCUT2D eigenvalue weighted by atomic mass is 32.2. The molecule has 2 aromatic carbocycles. The Kier molecular flexibility index (Phi) is 5.17. The summed E-state index contributed by atoms with van der Waals surface area (Å²) in [6.07, 6.45) is 2.28. The van der Waals surface area contributed by atoms with Crippen LogP contribution in [0.1, 0.15) is 34.3 Å². The number of thioether (sulfide) groups is 1. The van der Waals surface area contributed by atoms with E-state index in [2.05, 4.69) is 36.4 Å². The Morgan fingerprint density at radius 3 is 2.09 bits per heavy atom. The molecule has 0 atom stereocenters. The third-order valence-electron chi connectivity index (χ3n) is 3.97. The molecular weight excluding hydrogens is 290 g/mol. The SMILES string of the molecule is O=C(c1ccc(CSCc2ccccc2)cc1)N1CCCC1. The minimum Gasteiger partial charge on any atom is -0.339 e. The molecule has 1 aliphatic rings. The minimum absolute atomic E-state index is 0.181. The molecular formula is C19H21NOS. The van der Waals surface area contributed by atoms with E-state index in [1.165, 1.54) is 11.1 Å². The van der Waals surface area contributed by atoms with Crippen molar-refractivity contribution < 1.29 is 4.79 Å². The average Bonchev–Trinajstić information content (AvgIpc) is 3.10. The molecule has 0 N–H and O–H groups in total. The zero-order valence-electron chi connectivity index (χ0n) is 12.7. The summed E-state index contributed by atoms with van der Waals surface area (Å²) >= 11 is 1.90. The van der Waals surface area contributed by atoms with Gasteiger partial charge in [0, 0.05) is 30.2 Å². The lowest BCUT2D eigenvalue weighted by Gasteiger charge is -2.15. The molecule has 2 nitrogen and oxygen atoms in total. The lowest BCUT2D eigenvalue weighted by molar-refractivity contribution is 0.0793. The van der Waals surface area contributed by atoms with Crippen molar-refractivity contribution in [3.8, 4) is 0 Å². The maximum atomic E-state index is 12.3. The molecule has 3 rings (SSSR count). The maximum absolute atomic E-state index is 12.3. The van der Waals surface area contributed by atoms with E-state index in [1.54, 1.807) is 0 Å². The molecule has 22 heavy (non-hydrogen) atoms. The monoisotopic (exact) mass is 311 g/mol. The van der Waals surface area contributed by atoms with Crippen molar-refractivity contribution in [3.05, 3.63) is 71.3 Å². The Morgan fingerprint density at radius 2 is 1.45 bits per heavy atom. The van der Waals surface area contributed by atoms with Gasteiger partial charge in [-0.15, -0.1) is 0 Å². The molecule has 0 unspecified atom stereocenters. The molecule has 0 radical (unpaired) electrons. The second-order valence-corrected chi connectivity index (χ2v) is 6.66. The van der Waals surface area contributed by atoms with Crippen LogP contribution in [-0.4, -0.2) is 23.9 Å². The Bertz CT molecular complexity index is 603. The van der Waals surface area contributed by atoms with Gasteiger partial charge >= 0.3 is 0 Å². The molecule has 1 saturated heterocycles. The number of rotatable bonds is 5. The van der Waals surface area contributed by atoms with Crippen LogP contribution in [-0.2, 0) is 11.5 Å². The van der Waals surface area contributed by atoms with Crippen molar-refractivity contribution in [2.45, 2.75) is 24.3 Å². The Morgan fingerprint density at radius 1 is 0.864 bits per heavy atom. The molecule has 0 aliphatic carbocycles. The molecule has 1 amide bonds. The van der Waals surface area contributed by atoms with Gasteiger partial charge in [0.2, 0.25) is 0 Å². The first-order chi connectivity index (χ1) is 10.8. The highest BCUT2D eigenvalue weighted by Crippen LogP contribution is 2.19. The maximum Gasteiger partial charge on any atom is 0.253 e. The van der Waals surface area contributed by atoms with Gasteiger partial charge in [-0.3, -0.25) is 4.79 Å². The number of hydrogen-bond donors (Lipinski definition) is 0. The van der Waals surface area contributed by atoms with Gasteiger partial charge in [0.25, 0.3) is 5.91 Å². The van der Waals surface area contributed by atoms with Gasteiger partial charge in [-0.25, -0.2) is 0 Å². The summed E-state index contributed by atoms with van der Waals surface area (Å²) in [6, 6.07) is 18.6. The Balaban J connectivity index is 1.52. The van der Waals surface area contributed by atoms with Crippen LogP contribution in [0.15, 0.2) is 54.6 Å². The Hall–Kier alpha value is -1.74. The summed E-state index contributed by atoms with van der Waals surface area (Å²) < 4.78 is 0. The number of amides is 1. The molecule has 114 valence electrons. The fourth-order valence-corrected chi connectivity index (χ4v) is 3.67. The third kappa shape index (κ3) is 3.92. The molecule has 1 aliphatic heterocycles. The first-order valence-corrected chi connectivity index (χ1v) is 8.98. The van der Waals surface area contributed by atoms with E-state index in [4.69, 9.17) is 0 Å². The van der Waals surface area contributed by atoms with Crippen LogP contribution in [0.25, 0.3) is 0 Å². The molecule has 0 aromatic heterocycles. The van der Waals surface area contributed by atoms with Gasteiger partial charge in [0.1, 0.15) is 0 Å². The van der Waals surface area contributed by atoms with E-state index in [0.717, 1.165) is 43.0 Å². The highest BCUT2D eigenvalue weighted by Gasteiger charge is 2.18. The molecule has 0 saturated carbocycles. The smallest absolute Gasteiger partial charge is 0.253 e. The fourth-order valence-electron chi connectivity index (χ4n) is 2.71. The van der Waals surface area contributed by atoms with Crippen molar-refractivity contribution in [2.24, 2.45) is 0 Å². The van der Waals surface area contributed by atoms with E-state index in [0.29, 0.717) is 0 Å². The van der Waals surface area contributed by atoms with Crippen LogP contribution >= 0.6 is 11.8 Å². The standard InChI is InChI=1S/C19H21NOS/c21-19(20-12-4-5-13-20)18-10-8-17(9-11-18)15-22-14-16-6-2-1-3-7-16/h1-3,6-11H,4-5,12-15H2. The summed E-state index contributed by atoms with van der Waals surface area (Å²) in [5.74, 6) is 2.18. The van der Waals surface area contributed by atoms with E-state index in [-0.39, 0.29) is 5.91 Å². The summed E-state index contributed by atoms with van der Waals surface area (Å²) in [7, 11) is 0. The highest BCUT2D eigenvalue weighted by molar-refractivity contribution is 7.97. The minimum atomic E-state index is 0.181. The van der Waals surface area contributed by atoms with Crippen LogP contribution in [0.4, 0.5) is 0 Å². The van der Waals surface area contributed by atoms with E-state index < -0.39 is 0 Å². The van der Waals surface area contributed by atoms with Crippen LogP contribution in [0.2, 0.25) is 0 Å². The number of carbonyl (C=O) groups is 1. The van der Waals surface area contributed by atoms with Crippen LogP contribution in [0.3, 0.4) is 0 Å². The van der Waals surface area contributed by atoms with Gasteiger partial charge in [-0.1, -0.05) is 42.5 Å². The zero-order valence-corrected chi connectivity index (χ0v) is 13.5. The number of likely N-dealkylation sites (tertiary alicyclic amines) is 1. The summed E-state index contributed by atoms with van der Waals surface area (Å²) in [6.45, 7) is 1.82. The Labute approximate surface area is 136 Å². The summed E-state index contributed by atoms with van der Waals surface area (Å²) in [5, 5.41) is 0. The summed E-state index contributed by atoms with van der Waals surface area (Å²) in [5.41, 5.74) is 3.45. The van der Waals surface area contributed by atoms with Crippen molar-refractivity contribution in [1.82, 2.24) is 4.90 Å². The first-order valence-electron chi connectivity index (χ1n) is 7.83. The quantitative estimate of drug-likeness (QED) is 0.818. The second-order valence-electron chi connectivity index (χ2n) is 5.67. The van der Waals surface area contributed by atoms with Crippen molar-refractivity contribution in [3.63, 3.8) is 0 Å². The summed E-state index contributed by atoms with van der Waals surface area (Å²) in [4.78, 5) is 14.2. The number of nitrogens with zero attached hydrogens (tertiary/aromatic N) is 1. The topological polar surface area (TPSA) is 20.3 Å². The molecule has 0 spiro atoms. The van der Waals surface area contributed by atoms with Gasteiger partial charge in [0.05, 0.1) is 0 Å². The second kappa shape index (κ2) is 7.50. The van der Waals surface area contributed by atoms with Crippen LogP contribution in [0.5, 0.6) is 0 Å². The van der Waals surface area contributed by atoms with Gasteiger partial charge in [-0.05, 0) is 36.1 Å². The lowest BCUT2D eigenvalue weighted by Crippen LogP contribution is -2.27. The predicted molar refractivity (Wildman–Crippen MR) is 93.0 cm³/mol. The first kappa shape index (κ1) is 15.2. The van der Waals surface area contributed by atoms with Crippen molar-refractivity contribution in [1.29, 1.82) is 0 Å². The molecule has 1 fully saturated rings. The zero-order chi connectivity index (χ0) is 15.2. The normalized spacial score (nSPS) is 14.3. The molecule has 3 heteroatoms. The van der Waals surface area contributed by atoms with E-state index in [9.17, 15) is 4.79 Å². The van der Waals surface area contributed by atoms with E-state index >= 15 is 0 Å². The van der Waals surface area contributed by atoms with Crippen LogP contribution in [0, 0.1) is 0 Å². The fraction of sp³-hybridized carbons (Fsp3) is 0.316. The van der Waals surface area contributed by atoms with Crippen molar-refractivity contribution in [2.75, 3.05) is 13.1 Å². The average molecular weight is 311 g/mol. The number of hydrogen-bond acceptors (Lipinski definition) is 2. The predicted octanol–water partition coefficient (Wildman–Crippen LogP) is 4.36.